The summed E-state index contributed by atoms with van der Waals surface area (Å²) in [5.74, 6) is -1.38. The van der Waals surface area contributed by atoms with Gasteiger partial charge in [0.05, 0.1) is 19.6 Å². The first kappa shape index (κ1) is 18.8. The molecule has 1 amide bonds. The number of carbonyl (C=O) groups is 2. The maximum absolute atomic E-state index is 12.8. The van der Waals surface area contributed by atoms with Crippen molar-refractivity contribution in [3.8, 4) is 0 Å². The van der Waals surface area contributed by atoms with E-state index in [9.17, 15) is 14.0 Å². The van der Waals surface area contributed by atoms with E-state index in [4.69, 9.17) is 4.74 Å². The molecule has 0 saturated carbocycles. The van der Waals surface area contributed by atoms with Crippen molar-refractivity contribution in [1.29, 1.82) is 0 Å². The Kier molecular flexibility index (Phi) is 7.97. The number of ether oxygens (including phenoxy) is 2. The zero-order valence-corrected chi connectivity index (χ0v) is 13.6. The fraction of sp³-hybridized carbons (Fsp3) is 0.412. The van der Waals surface area contributed by atoms with Crippen LogP contribution in [0, 0.1) is 11.7 Å². The highest BCUT2D eigenvalue weighted by Gasteiger charge is 2.20. The fourth-order valence-electron chi connectivity index (χ4n) is 1.95. The van der Waals surface area contributed by atoms with Crippen molar-refractivity contribution in [1.82, 2.24) is 4.90 Å². The summed E-state index contributed by atoms with van der Waals surface area (Å²) in [6.07, 6.45) is 3.00. The van der Waals surface area contributed by atoms with E-state index in [-0.39, 0.29) is 24.2 Å². The maximum atomic E-state index is 12.8. The third-order valence-electron chi connectivity index (χ3n) is 3.26. The largest absolute Gasteiger partial charge is 0.469 e. The Morgan fingerprint density at radius 2 is 1.91 bits per heavy atom. The lowest BCUT2D eigenvalue weighted by molar-refractivity contribution is -0.146. The third kappa shape index (κ3) is 6.61. The van der Waals surface area contributed by atoms with E-state index in [1.54, 1.807) is 32.2 Å². The van der Waals surface area contributed by atoms with Crippen LogP contribution in [0.3, 0.4) is 0 Å². The molecule has 0 radical (unpaired) electrons. The molecule has 6 heteroatoms. The van der Waals surface area contributed by atoms with Gasteiger partial charge in [0.15, 0.2) is 0 Å². The third-order valence-corrected chi connectivity index (χ3v) is 3.26. The minimum absolute atomic E-state index is 0.239. The number of benzene rings is 1. The Morgan fingerprint density at radius 1 is 1.26 bits per heavy atom. The van der Waals surface area contributed by atoms with Crippen LogP contribution in [0.1, 0.15) is 12.5 Å². The minimum atomic E-state index is -0.431. The lowest BCUT2D eigenvalue weighted by atomic mass is 10.1. The van der Waals surface area contributed by atoms with Crippen molar-refractivity contribution in [3.05, 3.63) is 41.7 Å². The number of carbonyl (C=O) groups excluding carboxylic acids is 2. The molecule has 1 unspecified atom stereocenters. The van der Waals surface area contributed by atoms with Gasteiger partial charge in [-0.25, -0.2) is 4.39 Å². The molecular formula is C17H22FNO4. The van der Waals surface area contributed by atoms with Gasteiger partial charge < -0.3 is 14.4 Å². The summed E-state index contributed by atoms with van der Waals surface area (Å²) in [6.45, 7) is 2.67. The zero-order valence-electron chi connectivity index (χ0n) is 13.6. The molecule has 126 valence electrons. The molecule has 5 nitrogen and oxygen atoms in total. The Bertz CT molecular complexity index is 542. The number of nitrogens with zero attached hydrogens (tertiary/aromatic N) is 1. The summed E-state index contributed by atoms with van der Waals surface area (Å²) in [5, 5.41) is 0. The SMILES string of the molecule is COCCN(CC(C)C(=O)OC)C(=O)/C=C/c1ccc(F)cc1. The van der Waals surface area contributed by atoms with Gasteiger partial charge >= 0.3 is 5.97 Å². The van der Waals surface area contributed by atoms with Crippen molar-refractivity contribution in [3.63, 3.8) is 0 Å². The number of amides is 1. The van der Waals surface area contributed by atoms with E-state index in [1.807, 2.05) is 0 Å². The van der Waals surface area contributed by atoms with Crippen LogP contribution in [0.15, 0.2) is 30.3 Å². The predicted molar refractivity (Wildman–Crippen MR) is 85.1 cm³/mol. The molecule has 0 N–H and O–H groups in total. The van der Waals surface area contributed by atoms with E-state index in [0.29, 0.717) is 18.7 Å². The van der Waals surface area contributed by atoms with Crippen molar-refractivity contribution >= 4 is 18.0 Å². The zero-order chi connectivity index (χ0) is 17.2. The molecule has 0 spiro atoms. The molecule has 0 aromatic heterocycles. The van der Waals surface area contributed by atoms with Crippen LogP contribution in [-0.4, -0.2) is 50.7 Å². The normalized spacial score (nSPS) is 12.2. The second-order valence-electron chi connectivity index (χ2n) is 5.09. The molecule has 1 aromatic carbocycles. The van der Waals surface area contributed by atoms with Crippen LogP contribution < -0.4 is 0 Å². The Morgan fingerprint density at radius 3 is 2.48 bits per heavy atom. The van der Waals surface area contributed by atoms with Gasteiger partial charge in [-0.3, -0.25) is 9.59 Å². The van der Waals surface area contributed by atoms with Gasteiger partial charge in [-0.2, -0.15) is 0 Å². The second-order valence-corrected chi connectivity index (χ2v) is 5.09. The number of esters is 1. The Hall–Kier alpha value is -2.21. The van der Waals surface area contributed by atoms with Crippen LogP contribution in [0.5, 0.6) is 0 Å². The molecule has 0 heterocycles. The molecule has 0 fully saturated rings. The van der Waals surface area contributed by atoms with Crippen LogP contribution in [0.4, 0.5) is 4.39 Å². The summed E-state index contributed by atoms with van der Waals surface area (Å²) >= 11 is 0. The molecule has 23 heavy (non-hydrogen) atoms. The quantitative estimate of drug-likeness (QED) is 0.543. The van der Waals surface area contributed by atoms with Crippen molar-refractivity contribution in [2.75, 3.05) is 33.9 Å². The summed E-state index contributed by atoms with van der Waals surface area (Å²) in [6, 6.07) is 5.81. The highest BCUT2D eigenvalue weighted by molar-refractivity contribution is 5.92. The van der Waals surface area contributed by atoms with Crippen molar-refractivity contribution in [2.45, 2.75) is 6.92 Å². The molecule has 1 atom stereocenters. The minimum Gasteiger partial charge on any atom is -0.469 e. The summed E-state index contributed by atoms with van der Waals surface area (Å²) in [4.78, 5) is 25.3. The molecule has 0 aliphatic heterocycles. The maximum Gasteiger partial charge on any atom is 0.310 e. The topological polar surface area (TPSA) is 55.8 Å². The molecule has 0 bridgehead atoms. The fourth-order valence-corrected chi connectivity index (χ4v) is 1.95. The number of halogens is 1. The van der Waals surface area contributed by atoms with Gasteiger partial charge in [-0.1, -0.05) is 19.1 Å². The van der Waals surface area contributed by atoms with E-state index in [2.05, 4.69) is 4.74 Å². The summed E-state index contributed by atoms with van der Waals surface area (Å²) < 4.78 is 22.5. The molecule has 0 aliphatic carbocycles. The standard InChI is InChI=1S/C17H22FNO4/c1-13(17(21)23-3)12-19(10-11-22-2)16(20)9-6-14-4-7-15(18)8-5-14/h4-9,13H,10-12H2,1-3H3/b9-6+. The van der Waals surface area contributed by atoms with E-state index >= 15 is 0 Å². The number of methoxy groups -OCH3 is 2. The van der Waals surface area contributed by atoms with Gasteiger partial charge in [0, 0.05) is 26.3 Å². The molecule has 1 rings (SSSR count). The number of rotatable bonds is 8. The van der Waals surface area contributed by atoms with Gasteiger partial charge in [0.25, 0.3) is 0 Å². The van der Waals surface area contributed by atoms with Crippen molar-refractivity contribution < 1.29 is 23.5 Å². The first-order chi connectivity index (χ1) is 11.0. The van der Waals surface area contributed by atoms with Gasteiger partial charge in [-0.05, 0) is 23.8 Å². The molecule has 0 aliphatic rings. The number of hydrogen-bond acceptors (Lipinski definition) is 4. The Balaban J connectivity index is 2.74. The average molecular weight is 323 g/mol. The molecular weight excluding hydrogens is 301 g/mol. The predicted octanol–water partition coefficient (Wildman–Crippen LogP) is 2.12. The highest BCUT2D eigenvalue weighted by Crippen LogP contribution is 2.07. The highest BCUT2D eigenvalue weighted by atomic mass is 19.1. The van der Waals surface area contributed by atoms with Crippen molar-refractivity contribution in [2.24, 2.45) is 5.92 Å². The van der Waals surface area contributed by atoms with Crippen LogP contribution in [0.2, 0.25) is 0 Å². The lowest BCUT2D eigenvalue weighted by Crippen LogP contribution is -2.38. The monoisotopic (exact) mass is 323 g/mol. The smallest absolute Gasteiger partial charge is 0.310 e. The molecule has 0 saturated heterocycles. The van der Waals surface area contributed by atoms with Crippen LogP contribution in [0.25, 0.3) is 6.08 Å². The van der Waals surface area contributed by atoms with E-state index in [0.717, 1.165) is 0 Å². The summed E-state index contributed by atoms with van der Waals surface area (Å²) in [7, 11) is 2.86. The number of hydrogen-bond donors (Lipinski definition) is 0. The first-order valence-electron chi connectivity index (χ1n) is 7.27. The second kappa shape index (κ2) is 9.74. The van der Waals surface area contributed by atoms with Gasteiger partial charge in [0.1, 0.15) is 5.82 Å². The van der Waals surface area contributed by atoms with Crippen LogP contribution in [-0.2, 0) is 19.1 Å². The van der Waals surface area contributed by atoms with Gasteiger partial charge in [-0.15, -0.1) is 0 Å². The lowest BCUT2D eigenvalue weighted by Gasteiger charge is -2.23. The van der Waals surface area contributed by atoms with Gasteiger partial charge in [0.2, 0.25) is 5.91 Å². The van der Waals surface area contributed by atoms with E-state index in [1.165, 1.54) is 30.2 Å². The Labute approximate surface area is 135 Å². The van der Waals surface area contributed by atoms with E-state index < -0.39 is 5.92 Å². The first-order valence-corrected chi connectivity index (χ1v) is 7.27. The summed E-state index contributed by atoms with van der Waals surface area (Å²) in [5.41, 5.74) is 0.715. The van der Waals surface area contributed by atoms with Crippen LogP contribution >= 0.6 is 0 Å². The molecule has 1 aromatic rings. The average Bonchev–Trinajstić information content (AvgIpc) is 2.56.